The summed E-state index contributed by atoms with van der Waals surface area (Å²) in [6.07, 6.45) is 1.76. The Balaban J connectivity index is 2.45. The molecule has 4 heteroatoms. The summed E-state index contributed by atoms with van der Waals surface area (Å²) in [5.41, 5.74) is -0.292. The van der Waals surface area contributed by atoms with Crippen LogP contribution in [0, 0.1) is 0 Å². The lowest BCUT2D eigenvalue weighted by Crippen LogP contribution is -2.44. The van der Waals surface area contributed by atoms with E-state index in [4.69, 9.17) is 5.11 Å². The molecule has 0 saturated heterocycles. The van der Waals surface area contributed by atoms with Crippen LogP contribution in [-0.2, 0) is 6.54 Å². The monoisotopic (exact) mass is 210 g/mol. The largest absolute Gasteiger partial charge is 0.394 e. The Morgan fingerprint density at radius 2 is 2.20 bits per heavy atom. The van der Waals surface area contributed by atoms with Gasteiger partial charge in [-0.05, 0) is 19.9 Å². The highest BCUT2D eigenvalue weighted by molar-refractivity contribution is 4.93. The highest BCUT2D eigenvalue weighted by Gasteiger charge is 2.14. The van der Waals surface area contributed by atoms with Gasteiger partial charge < -0.3 is 15.0 Å². The van der Waals surface area contributed by atoms with E-state index >= 15 is 0 Å². The zero-order chi connectivity index (χ0) is 11.3. The second kappa shape index (κ2) is 5.09. The Hall–Kier alpha value is -1.13. The Kier molecular flexibility index (Phi) is 4.05. The number of rotatable bonds is 5. The highest BCUT2D eigenvalue weighted by atomic mass is 16.3. The van der Waals surface area contributed by atoms with Crippen molar-refractivity contribution >= 4 is 0 Å². The Labute approximate surface area is 89.6 Å². The molecule has 1 aromatic heterocycles. The number of pyridine rings is 1. The smallest absolute Gasteiger partial charge is 0.250 e. The molecule has 0 atom stereocenters. The van der Waals surface area contributed by atoms with Crippen LogP contribution in [0.15, 0.2) is 29.2 Å². The van der Waals surface area contributed by atoms with Crippen molar-refractivity contribution in [2.75, 3.05) is 13.2 Å². The second-order valence-electron chi connectivity index (χ2n) is 4.20. The molecule has 1 heterocycles. The summed E-state index contributed by atoms with van der Waals surface area (Å²) in [5, 5.41) is 12.2. The maximum Gasteiger partial charge on any atom is 0.250 e. The number of hydrogen-bond donors (Lipinski definition) is 2. The molecule has 4 nitrogen and oxygen atoms in total. The van der Waals surface area contributed by atoms with Crippen LogP contribution >= 0.6 is 0 Å². The first-order chi connectivity index (χ1) is 7.05. The van der Waals surface area contributed by atoms with Crippen LogP contribution in [-0.4, -0.2) is 28.4 Å². The first-order valence-electron chi connectivity index (χ1n) is 5.06. The molecular formula is C11H18N2O2. The number of aromatic nitrogens is 1. The van der Waals surface area contributed by atoms with Gasteiger partial charge >= 0.3 is 0 Å². The molecule has 0 aliphatic carbocycles. The van der Waals surface area contributed by atoms with E-state index in [1.165, 1.54) is 6.07 Å². The molecule has 0 radical (unpaired) electrons. The van der Waals surface area contributed by atoms with Gasteiger partial charge in [-0.2, -0.15) is 0 Å². The van der Waals surface area contributed by atoms with Crippen molar-refractivity contribution in [1.29, 1.82) is 0 Å². The third-order valence-corrected chi connectivity index (χ3v) is 2.25. The summed E-state index contributed by atoms with van der Waals surface area (Å²) in [5.74, 6) is 0. The van der Waals surface area contributed by atoms with Gasteiger partial charge in [0.1, 0.15) is 0 Å². The van der Waals surface area contributed by atoms with Crippen LogP contribution in [0.5, 0.6) is 0 Å². The quantitative estimate of drug-likeness (QED) is 0.730. The lowest BCUT2D eigenvalue weighted by Gasteiger charge is -2.23. The van der Waals surface area contributed by atoms with Crippen molar-refractivity contribution in [3.05, 3.63) is 34.7 Å². The Morgan fingerprint density at radius 3 is 2.80 bits per heavy atom. The van der Waals surface area contributed by atoms with Crippen LogP contribution in [0.1, 0.15) is 13.8 Å². The number of aliphatic hydroxyl groups excluding tert-OH is 1. The summed E-state index contributed by atoms with van der Waals surface area (Å²) in [6, 6.07) is 5.10. The van der Waals surface area contributed by atoms with E-state index in [0.717, 1.165) is 0 Å². The predicted molar refractivity (Wildman–Crippen MR) is 59.9 cm³/mol. The van der Waals surface area contributed by atoms with E-state index in [9.17, 15) is 4.79 Å². The minimum Gasteiger partial charge on any atom is -0.394 e. The average Bonchev–Trinajstić information content (AvgIpc) is 2.21. The van der Waals surface area contributed by atoms with Crippen LogP contribution < -0.4 is 10.9 Å². The van der Waals surface area contributed by atoms with Crippen LogP contribution in [0.3, 0.4) is 0 Å². The van der Waals surface area contributed by atoms with Crippen molar-refractivity contribution in [2.45, 2.75) is 25.9 Å². The van der Waals surface area contributed by atoms with Crippen LogP contribution in [0.25, 0.3) is 0 Å². The maximum absolute atomic E-state index is 11.3. The summed E-state index contributed by atoms with van der Waals surface area (Å²) >= 11 is 0. The Bertz CT molecular complexity index is 358. The van der Waals surface area contributed by atoms with E-state index in [2.05, 4.69) is 5.32 Å². The lowest BCUT2D eigenvalue weighted by atomic mass is 10.1. The van der Waals surface area contributed by atoms with Gasteiger partial charge in [-0.15, -0.1) is 0 Å². The number of nitrogens with one attached hydrogen (secondary N) is 1. The minimum atomic E-state index is -0.293. The number of hydrogen-bond acceptors (Lipinski definition) is 3. The molecule has 0 bridgehead atoms. The van der Waals surface area contributed by atoms with E-state index < -0.39 is 0 Å². The molecule has 15 heavy (non-hydrogen) atoms. The van der Waals surface area contributed by atoms with Crippen molar-refractivity contribution in [1.82, 2.24) is 9.88 Å². The minimum absolute atomic E-state index is 0.00102. The molecule has 0 aliphatic heterocycles. The van der Waals surface area contributed by atoms with Gasteiger partial charge in [0.15, 0.2) is 0 Å². The molecule has 0 saturated carbocycles. The van der Waals surface area contributed by atoms with Crippen molar-refractivity contribution in [3.8, 4) is 0 Å². The molecule has 0 aliphatic rings. The first-order valence-corrected chi connectivity index (χ1v) is 5.06. The molecule has 84 valence electrons. The summed E-state index contributed by atoms with van der Waals surface area (Å²) < 4.78 is 1.64. The van der Waals surface area contributed by atoms with Gasteiger partial charge in [-0.1, -0.05) is 6.07 Å². The fourth-order valence-electron chi connectivity index (χ4n) is 1.22. The highest BCUT2D eigenvalue weighted by Crippen LogP contribution is 1.98. The summed E-state index contributed by atoms with van der Waals surface area (Å²) in [4.78, 5) is 11.3. The van der Waals surface area contributed by atoms with Crippen LogP contribution in [0.4, 0.5) is 0 Å². The second-order valence-corrected chi connectivity index (χ2v) is 4.20. The van der Waals surface area contributed by atoms with Crippen molar-refractivity contribution < 1.29 is 5.11 Å². The number of nitrogens with zero attached hydrogens (tertiary/aromatic N) is 1. The topological polar surface area (TPSA) is 54.3 Å². The fraction of sp³-hybridized carbons (Fsp3) is 0.545. The maximum atomic E-state index is 11.3. The van der Waals surface area contributed by atoms with Crippen LogP contribution in [0.2, 0.25) is 0 Å². The van der Waals surface area contributed by atoms with E-state index in [1.807, 2.05) is 19.9 Å². The van der Waals surface area contributed by atoms with Gasteiger partial charge in [0.05, 0.1) is 6.61 Å². The van der Waals surface area contributed by atoms with Gasteiger partial charge in [0, 0.05) is 30.9 Å². The van der Waals surface area contributed by atoms with E-state index in [-0.39, 0.29) is 17.7 Å². The van der Waals surface area contributed by atoms with Gasteiger partial charge in [0.2, 0.25) is 0 Å². The summed E-state index contributed by atoms with van der Waals surface area (Å²) in [6.45, 7) is 5.19. The van der Waals surface area contributed by atoms with Gasteiger partial charge in [0.25, 0.3) is 5.56 Å². The molecule has 0 unspecified atom stereocenters. The van der Waals surface area contributed by atoms with Gasteiger partial charge in [-0.25, -0.2) is 0 Å². The molecule has 2 N–H and O–H groups in total. The van der Waals surface area contributed by atoms with E-state index in [0.29, 0.717) is 13.1 Å². The zero-order valence-corrected chi connectivity index (χ0v) is 9.23. The first kappa shape index (κ1) is 11.9. The fourth-order valence-corrected chi connectivity index (χ4v) is 1.22. The average molecular weight is 210 g/mol. The third kappa shape index (κ3) is 3.85. The van der Waals surface area contributed by atoms with Crippen molar-refractivity contribution in [2.24, 2.45) is 0 Å². The molecule has 1 aromatic rings. The predicted octanol–water partition coefficient (Wildman–Crippen LogP) is 0.209. The molecule has 0 spiro atoms. The SMILES string of the molecule is CC(C)(CO)NCCn1ccccc1=O. The molecule has 0 fully saturated rings. The van der Waals surface area contributed by atoms with Crippen molar-refractivity contribution in [3.63, 3.8) is 0 Å². The standard InChI is InChI=1S/C11H18N2O2/c1-11(2,9-14)12-6-8-13-7-4-3-5-10(13)15/h3-5,7,12,14H,6,8-9H2,1-2H3. The third-order valence-electron chi connectivity index (χ3n) is 2.25. The molecular weight excluding hydrogens is 192 g/mol. The van der Waals surface area contributed by atoms with Gasteiger partial charge in [-0.3, -0.25) is 4.79 Å². The number of aliphatic hydroxyl groups is 1. The lowest BCUT2D eigenvalue weighted by molar-refractivity contribution is 0.187. The Morgan fingerprint density at radius 1 is 1.47 bits per heavy atom. The van der Waals surface area contributed by atoms with E-state index in [1.54, 1.807) is 16.8 Å². The molecule has 1 rings (SSSR count). The molecule has 0 aromatic carbocycles. The zero-order valence-electron chi connectivity index (χ0n) is 9.23. The molecule has 0 amide bonds. The summed E-state index contributed by atoms with van der Waals surface area (Å²) in [7, 11) is 0. The normalized spacial score (nSPS) is 11.7.